The zero-order valence-electron chi connectivity index (χ0n) is 10.0. The van der Waals surface area contributed by atoms with E-state index in [1.165, 1.54) is 28.5 Å². The molecule has 0 spiro atoms. The highest BCUT2D eigenvalue weighted by Gasteiger charge is 2.34. The van der Waals surface area contributed by atoms with Crippen LogP contribution in [0.15, 0.2) is 29.6 Å². The molecule has 1 heterocycles. The summed E-state index contributed by atoms with van der Waals surface area (Å²) in [5.41, 5.74) is 4.39. The molecule has 1 aliphatic carbocycles. The van der Waals surface area contributed by atoms with Crippen LogP contribution in [0.25, 0.3) is 10.1 Å². The monoisotopic (exact) mass is 246 g/mol. The number of hydrogen-bond acceptors (Lipinski definition) is 3. The maximum atomic E-state index is 5.79. The Morgan fingerprint density at radius 3 is 2.88 bits per heavy atom. The van der Waals surface area contributed by atoms with Gasteiger partial charge in [-0.2, -0.15) is 0 Å². The fourth-order valence-electron chi connectivity index (χ4n) is 2.68. The number of fused-ring (bicyclic) bond motifs is 1. The average Bonchev–Trinajstić information content (AvgIpc) is 3.08. The molecule has 0 amide bonds. The van der Waals surface area contributed by atoms with Crippen molar-refractivity contribution >= 4 is 21.4 Å². The number of nitrogens with two attached hydrogens (primary N) is 1. The molecule has 3 N–H and O–H groups in total. The van der Waals surface area contributed by atoms with E-state index < -0.39 is 0 Å². The summed E-state index contributed by atoms with van der Waals surface area (Å²) < 4.78 is 1.38. The van der Waals surface area contributed by atoms with Crippen molar-refractivity contribution in [2.45, 2.75) is 25.8 Å². The van der Waals surface area contributed by atoms with Gasteiger partial charge in [-0.15, -0.1) is 11.3 Å². The Morgan fingerprint density at radius 1 is 1.35 bits per heavy atom. The summed E-state index contributed by atoms with van der Waals surface area (Å²) in [5, 5.41) is 3.49. The molecule has 3 rings (SSSR count). The molecular formula is C14H18N2S. The fourth-order valence-corrected chi connectivity index (χ4v) is 3.63. The average molecular weight is 246 g/mol. The first-order valence-corrected chi connectivity index (χ1v) is 7.11. The highest BCUT2D eigenvalue weighted by molar-refractivity contribution is 7.17. The van der Waals surface area contributed by atoms with Crippen LogP contribution in [0.4, 0.5) is 0 Å². The molecule has 90 valence electrons. The lowest BCUT2D eigenvalue weighted by Crippen LogP contribution is -2.33. The molecule has 0 saturated heterocycles. The van der Waals surface area contributed by atoms with Gasteiger partial charge in [-0.1, -0.05) is 25.1 Å². The van der Waals surface area contributed by atoms with Crippen molar-refractivity contribution in [1.29, 1.82) is 0 Å². The highest BCUT2D eigenvalue weighted by Crippen LogP contribution is 2.44. The second kappa shape index (κ2) is 4.41. The zero-order valence-corrected chi connectivity index (χ0v) is 10.8. The predicted octanol–water partition coefficient (Wildman–Crippen LogP) is 3.45. The molecule has 1 aromatic heterocycles. The van der Waals surface area contributed by atoms with E-state index in [0.29, 0.717) is 5.92 Å². The topological polar surface area (TPSA) is 38.0 Å². The van der Waals surface area contributed by atoms with Gasteiger partial charge in [0.25, 0.3) is 0 Å². The van der Waals surface area contributed by atoms with E-state index in [0.717, 1.165) is 5.92 Å². The second-order valence-corrected chi connectivity index (χ2v) is 5.94. The van der Waals surface area contributed by atoms with Crippen molar-refractivity contribution in [3.05, 3.63) is 35.2 Å². The molecule has 0 radical (unpaired) electrons. The SMILES string of the molecule is CC(C1CC1)C(NN)c1cccc2ccsc12. The van der Waals surface area contributed by atoms with Crippen LogP contribution < -0.4 is 11.3 Å². The Kier molecular flexibility index (Phi) is 2.90. The van der Waals surface area contributed by atoms with Crippen LogP contribution in [0.2, 0.25) is 0 Å². The number of hydrazine groups is 1. The maximum Gasteiger partial charge on any atom is 0.0502 e. The quantitative estimate of drug-likeness (QED) is 0.640. The van der Waals surface area contributed by atoms with E-state index in [9.17, 15) is 0 Å². The first kappa shape index (κ1) is 11.2. The lowest BCUT2D eigenvalue weighted by Gasteiger charge is -2.24. The highest BCUT2D eigenvalue weighted by atomic mass is 32.1. The standard InChI is InChI=1S/C14H18N2S/c1-9(10-5-6-10)13(16-15)12-4-2-3-11-7-8-17-14(11)12/h2-4,7-10,13,16H,5-6,15H2,1H3. The second-order valence-electron chi connectivity index (χ2n) is 5.03. The van der Waals surface area contributed by atoms with Crippen LogP contribution in [0.1, 0.15) is 31.4 Å². The minimum Gasteiger partial charge on any atom is -0.271 e. The van der Waals surface area contributed by atoms with E-state index in [1.54, 1.807) is 0 Å². The molecule has 1 aromatic carbocycles. The van der Waals surface area contributed by atoms with Crippen LogP contribution in [-0.2, 0) is 0 Å². The van der Waals surface area contributed by atoms with Gasteiger partial charge >= 0.3 is 0 Å². The van der Waals surface area contributed by atoms with E-state index in [2.05, 4.69) is 42.0 Å². The van der Waals surface area contributed by atoms with Crippen LogP contribution in [-0.4, -0.2) is 0 Å². The minimum atomic E-state index is 0.282. The van der Waals surface area contributed by atoms with Gasteiger partial charge in [0.05, 0.1) is 6.04 Å². The largest absolute Gasteiger partial charge is 0.271 e. The summed E-state index contributed by atoms with van der Waals surface area (Å²) in [7, 11) is 0. The molecule has 1 aliphatic rings. The molecule has 0 bridgehead atoms. The molecule has 1 fully saturated rings. The Balaban J connectivity index is 2.02. The number of rotatable bonds is 4. The fraction of sp³-hybridized carbons (Fsp3) is 0.429. The first-order valence-electron chi connectivity index (χ1n) is 6.23. The van der Waals surface area contributed by atoms with E-state index in [1.807, 2.05) is 11.3 Å². The van der Waals surface area contributed by atoms with Crippen LogP contribution >= 0.6 is 11.3 Å². The normalized spacial score (nSPS) is 19.4. The molecule has 3 heteroatoms. The van der Waals surface area contributed by atoms with Crippen molar-refractivity contribution in [2.24, 2.45) is 17.7 Å². The van der Waals surface area contributed by atoms with Gasteiger partial charge in [0.1, 0.15) is 0 Å². The third-order valence-corrected chi connectivity index (χ3v) is 4.89. The van der Waals surface area contributed by atoms with Gasteiger partial charge in [0.15, 0.2) is 0 Å². The van der Waals surface area contributed by atoms with Crippen LogP contribution in [0.5, 0.6) is 0 Å². The molecule has 17 heavy (non-hydrogen) atoms. The molecular weight excluding hydrogens is 228 g/mol. The summed E-state index contributed by atoms with van der Waals surface area (Å²) in [5.74, 6) is 7.26. The van der Waals surface area contributed by atoms with Crippen molar-refractivity contribution in [3.63, 3.8) is 0 Å². The summed E-state index contributed by atoms with van der Waals surface area (Å²) in [4.78, 5) is 0. The number of benzene rings is 1. The lowest BCUT2D eigenvalue weighted by molar-refractivity contribution is 0.356. The summed E-state index contributed by atoms with van der Waals surface area (Å²) in [6, 6.07) is 8.98. The van der Waals surface area contributed by atoms with Crippen LogP contribution in [0.3, 0.4) is 0 Å². The minimum absolute atomic E-state index is 0.282. The Bertz CT molecular complexity index is 516. The van der Waals surface area contributed by atoms with Gasteiger partial charge in [0, 0.05) is 4.70 Å². The Labute approximate surface area is 106 Å². The molecule has 2 aromatic rings. The van der Waals surface area contributed by atoms with Crippen LogP contribution in [0, 0.1) is 11.8 Å². The maximum absolute atomic E-state index is 5.79. The van der Waals surface area contributed by atoms with Crippen molar-refractivity contribution < 1.29 is 0 Å². The van der Waals surface area contributed by atoms with E-state index in [-0.39, 0.29) is 6.04 Å². The number of hydrogen-bond donors (Lipinski definition) is 2. The van der Waals surface area contributed by atoms with E-state index in [4.69, 9.17) is 5.84 Å². The molecule has 1 saturated carbocycles. The third-order valence-electron chi connectivity index (χ3n) is 3.92. The van der Waals surface area contributed by atoms with Gasteiger partial charge in [-0.25, -0.2) is 0 Å². The van der Waals surface area contributed by atoms with Gasteiger partial charge < -0.3 is 0 Å². The Morgan fingerprint density at radius 2 is 2.18 bits per heavy atom. The molecule has 0 aliphatic heterocycles. The smallest absolute Gasteiger partial charge is 0.0502 e. The van der Waals surface area contributed by atoms with Crippen molar-refractivity contribution in [2.75, 3.05) is 0 Å². The number of thiophene rings is 1. The van der Waals surface area contributed by atoms with Gasteiger partial charge in [-0.3, -0.25) is 11.3 Å². The summed E-state index contributed by atoms with van der Waals surface area (Å²) in [6.45, 7) is 2.31. The van der Waals surface area contributed by atoms with E-state index >= 15 is 0 Å². The predicted molar refractivity (Wildman–Crippen MR) is 73.8 cm³/mol. The summed E-state index contributed by atoms with van der Waals surface area (Å²) in [6.07, 6.45) is 2.72. The Hall–Kier alpha value is -0.900. The zero-order chi connectivity index (χ0) is 11.8. The first-order chi connectivity index (χ1) is 8.31. The number of nitrogens with one attached hydrogen (secondary N) is 1. The van der Waals surface area contributed by atoms with Gasteiger partial charge in [0.2, 0.25) is 0 Å². The summed E-state index contributed by atoms with van der Waals surface area (Å²) >= 11 is 1.81. The third kappa shape index (κ3) is 1.99. The van der Waals surface area contributed by atoms with Gasteiger partial charge in [-0.05, 0) is 47.1 Å². The van der Waals surface area contributed by atoms with Crippen molar-refractivity contribution in [3.8, 4) is 0 Å². The molecule has 2 atom stereocenters. The lowest BCUT2D eigenvalue weighted by atomic mass is 9.90. The molecule has 2 unspecified atom stereocenters. The van der Waals surface area contributed by atoms with Crippen molar-refractivity contribution in [1.82, 2.24) is 5.43 Å². The molecule has 2 nitrogen and oxygen atoms in total.